The van der Waals surface area contributed by atoms with Crippen LogP contribution in [0.2, 0.25) is 0 Å². The van der Waals surface area contributed by atoms with Gasteiger partial charge >= 0.3 is 6.68 Å². The zero-order valence-electron chi connectivity index (χ0n) is 10.2. The third-order valence-electron chi connectivity index (χ3n) is 3.17. The van der Waals surface area contributed by atoms with Crippen molar-refractivity contribution in [2.24, 2.45) is 5.41 Å². The van der Waals surface area contributed by atoms with Crippen molar-refractivity contribution in [2.75, 3.05) is 33.4 Å². The van der Waals surface area contributed by atoms with E-state index >= 15 is 0 Å². The molecular weight excluding hydrogens is 251 g/mol. The molecule has 2 fully saturated rings. The van der Waals surface area contributed by atoms with Crippen LogP contribution in [0.4, 0.5) is 13.2 Å². The zero-order valence-corrected chi connectivity index (χ0v) is 11.2. The van der Waals surface area contributed by atoms with Crippen LogP contribution in [-0.2, 0) is 4.74 Å². The smallest absolute Gasteiger partial charge is 0.379 e. The summed E-state index contributed by atoms with van der Waals surface area (Å²) in [5.41, 5.74) is 0.569. The van der Waals surface area contributed by atoms with Crippen molar-refractivity contribution in [3.8, 4) is 0 Å². The molecule has 1 saturated heterocycles. The van der Waals surface area contributed by atoms with E-state index in [1.165, 1.54) is 45.3 Å². The van der Waals surface area contributed by atoms with E-state index in [1.807, 2.05) is 7.11 Å². The van der Waals surface area contributed by atoms with Crippen LogP contribution in [-0.4, -0.2) is 44.9 Å². The largest absolute Gasteiger partial charge is 0.384 e. The fourth-order valence-corrected chi connectivity index (χ4v) is 2.25. The number of rotatable bonds is 4. The third-order valence-corrected chi connectivity index (χ3v) is 3.17. The minimum Gasteiger partial charge on any atom is -0.384 e. The molecule has 0 bridgehead atoms. The van der Waals surface area contributed by atoms with Gasteiger partial charge in [-0.05, 0) is 38.8 Å². The van der Waals surface area contributed by atoms with Gasteiger partial charge in [0.1, 0.15) is 0 Å². The Morgan fingerprint density at radius 3 is 2.00 bits per heavy atom. The van der Waals surface area contributed by atoms with Crippen LogP contribution in [0.5, 0.6) is 0 Å². The van der Waals surface area contributed by atoms with Gasteiger partial charge in [-0.25, -0.2) is 0 Å². The Labute approximate surface area is 108 Å². The molecule has 0 aromatic rings. The molecule has 0 aromatic carbocycles. The molecule has 0 aromatic heterocycles. The number of hydrogen-bond acceptors (Lipinski definition) is 2. The predicted molar refractivity (Wildman–Crippen MR) is 66.7 cm³/mol. The molecule has 0 atom stereocenters. The summed E-state index contributed by atoms with van der Waals surface area (Å²) in [5, 5.41) is 0. The highest BCUT2D eigenvalue weighted by Gasteiger charge is 2.44. The summed E-state index contributed by atoms with van der Waals surface area (Å²) in [5.74, 6) is 0. The Morgan fingerprint density at radius 2 is 1.65 bits per heavy atom. The highest BCUT2D eigenvalue weighted by atomic mass is 32.1. The fraction of sp³-hybridized carbons (Fsp3) is 1.00. The lowest BCUT2D eigenvalue weighted by Crippen LogP contribution is -2.30. The van der Waals surface area contributed by atoms with Crippen molar-refractivity contribution in [2.45, 2.75) is 32.4 Å². The Kier molecular flexibility index (Phi) is 8.24. The van der Waals surface area contributed by atoms with Gasteiger partial charge in [0.05, 0.1) is 6.61 Å². The topological polar surface area (TPSA) is 12.5 Å². The number of hydrogen-bond donors (Lipinski definition) is 0. The lowest BCUT2D eigenvalue weighted by Gasteiger charge is -2.21. The second-order valence-electron chi connectivity index (χ2n) is 4.66. The van der Waals surface area contributed by atoms with Crippen molar-refractivity contribution in [1.29, 1.82) is 0 Å². The molecule has 2 nitrogen and oxygen atoms in total. The fourth-order valence-electron chi connectivity index (χ4n) is 2.25. The lowest BCUT2D eigenvalue weighted by atomic mass is 10.1. The van der Waals surface area contributed by atoms with Crippen LogP contribution in [0.1, 0.15) is 25.7 Å². The highest BCUT2D eigenvalue weighted by molar-refractivity contribution is 7.59. The van der Waals surface area contributed by atoms with Crippen molar-refractivity contribution in [3.63, 3.8) is 0 Å². The standard InChI is InChI=1S/C10H19NO.CHF3.H2S/c1-12-9-10(4-5-10)8-11-6-2-3-7-11;2-1(3)4;/h2-9H2,1H3;1H;1H2. The molecule has 1 heterocycles. The Bertz CT molecular complexity index is 194. The lowest BCUT2D eigenvalue weighted by molar-refractivity contribution is 0.00819. The van der Waals surface area contributed by atoms with Crippen molar-refractivity contribution >= 4 is 13.5 Å². The Balaban J connectivity index is 0.000000453. The summed E-state index contributed by atoms with van der Waals surface area (Å²) in [7, 11) is 1.82. The van der Waals surface area contributed by atoms with E-state index in [0.29, 0.717) is 5.41 Å². The molecule has 6 heteroatoms. The first kappa shape index (κ1) is 17.1. The van der Waals surface area contributed by atoms with E-state index in [2.05, 4.69) is 4.90 Å². The number of alkyl halides is 3. The predicted octanol–water partition coefficient (Wildman–Crippen LogP) is 2.80. The van der Waals surface area contributed by atoms with Gasteiger partial charge < -0.3 is 9.64 Å². The highest BCUT2D eigenvalue weighted by Crippen LogP contribution is 2.46. The van der Waals surface area contributed by atoms with Crippen LogP contribution < -0.4 is 0 Å². The van der Waals surface area contributed by atoms with Gasteiger partial charge in [-0.2, -0.15) is 26.7 Å². The van der Waals surface area contributed by atoms with E-state index in [-0.39, 0.29) is 13.5 Å². The van der Waals surface area contributed by atoms with E-state index < -0.39 is 6.68 Å². The SMILES string of the molecule is COCC1(CN2CCCC2)CC1.FC(F)F.S. The van der Waals surface area contributed by atoms with Crippen LogP contribution in [0.15, 0.2) is 0 Å². The molecule has 17 heavy (non-hydrogen) atoms. The first-order valence-corrected chi connectivity index (χ1v) is 5.71. The minimum atomic E-state index is -3.67. The van der Waals surface area contributed by atoms with Gasteiger partial charge in [0, 0.05) is 19.1 Å². The van der Waals surface area contributed by atoms with Crippen molar-refractivity contribution in [3.05, 3.63) is 0 Å². The van der Waals surface area contributed by atoms with E-state index in [0.717, 1.165) is 6.61 Å². The first-order chi connectivity index (χ1) is 7.58. The summed E-state index contributed by atoms with van der Waals surface area (Å²) in [4.78, 5) is 2.60. The molecule has 1 aliphatic carbocycles. The summed E-state index contributed by atoms with van der Waals surface area (Å²) in [6.07, 6.45) is 5.58. The molecule has 0 amide bonds. The van der Waals surface area contributed by atoms with Crippen molar-refractivity contribution in [1.82, 2.24) is 4.90 Å². The van der Waals surface area contributed by atoms with E-state index in [4.69, 9.17) is 4.74 Å². The van der Waals surface area contributed by atoms with E-state index in [1.54, 1.807) is 0 Å². The molecule has 2 rings (SSSR count). The first-order valence-electron chi connectivity index (χ1n) is 5.71. The number of methoxy groups -OCH3 is 1. The van der Waals surface area contributed by atoms with Gasteiger partial charge in [0.25, 0.3) is 0 Å². The Hall–Kier alpha value is 0.0600. The molecule has 0 radical (unpaired) electrons. The number of halogens is 3. The molecule has 0 N–H and O–H groups in total. The van der Waals surface area contributed by atoms with Gasteiger partial charge in [-0.15, -0.1) is 0 Å². The van der Waals surface area contributed by atoms with Crippen LogP contribution in [0.3, 0.4) is 0 Å². The molecule has 104 valence electrons. The van der Waals surface area contributed by atoms with Crippen LogP contribution in [0.25, 0.3) is 0 Å². The maximum Gasteiger partial charge on any atom is 0.379 e. The number of ether oxygens (including phenoxy) is 1. The second kappa shape index (κ2) is 8.21. The maximum absolute atomic E-state index is 9.67. The summed E-state index contributed by atoms with van der Waals surface area (Å²) >= 11 is 0. The molecule has 2 aliphatic rings. The summed E-state index contributed by atoms with van der Waals surface area (Å²) in [6, 6.07) is 0. The molecule has 0 unspecified atom stereocenters. The van der Waals surface area contributed by atoms with Crippen LogP contribution in [0, 0.1) is 5.41 Å². The Morgan fingerprint density at radius 1 is 1.18 bits per heavy atom. The zero-order chi connectivity index (χ0) is 12.0. The quantitative estimate of drug-likeness (QED) is 0.781. The van der Waals surface area contributed by atoms with Gasteiger partial charge in [-0.1, -0.05) is 0 Å². The average Bonchev–Trinajstić information content (AvgIpc) is 2.75. The van der Waals surface area contributed by atoms with E-state index in [9.17, 15) is 13.2 Å². The van der Waals surface area contributed by atoms with Gasteiger partial charge in [0.15, 0.2) is 0 Å². The van der Waals surface area contributed by atoms with Crippen molar-refractivity contribution < 1.29 is 17.9 Å². The van der Waals surface area contributed by atoms with Gasteiger partial charge in [-0.3, -0.25) is 0 Å². The maximum atomic E-state index is 9.67. The number of nitrogens with zero attached hydrogens (tertiary/aromatic N) is 1. The minimum absolute atomic E-state index is 0. The summed E-state index contributed by atoms with van der Waals surface area (Å²) < 4.78 is 34.3. The third kappa shape index (κ3) is 7.16. The number of likely N-dealkylation sites (tertiary alicyclic amines) is 1. The average molecular weight is 273 g/mol. The monoisotopic (exact) mass is 273 g/mol. The summed E-state index contributed by atoms with van der Waals surface area (Å²) in [6.45, 7) is 1.25. The normalized spacial score (nSPS) is 21.7. The molecular formula is C11H22F3NOS. The second-order valence-corrected chi connectivity index (χ2v) is 4.66. The molecule has 0 spiro atoms. The molecule has 1 aliphatic heterocycles. The molecule has 1 saturated carbocycles. The van der Waals surface area contributed by atoms with Gasteiger partial charge in [0.2, 0.25) is 0 Å². The van der Waals surface area contributed by atoms with Crippen LogP contribution >= 0.6 is 13.5 Å².